The van der Waals surface area contributed by atoms with Crippen molar-refractivity contribution in [1.82, 2.24) is 4.98 Å². The molecule has 0 aromatic carbocycles. The molecule has 0 radical (unpaired) electrons. The molecule has 3 rings (SSSR count). The summed E-state index contributed by atoms with van der Waals surface area (Å²) in [6.45, 7) is 2.21. The van der Waals surface area contributed by atoms with E-state index < -0.39 is 5.60 Å². The quantitative estimate of drug-likeness (QED) is 0.103. The summed E-state index contributed by atoms with van der Waals surface area (Å²) in [5.41, 5.74) is 0.207. The highest BCUT2D eigenvalue weighted by Gasteiger charge is 2.46. The van der Waals surface area contributed by atoms with Gasteiger partial charge in [-0.1, -0.05) is 35.4 Å². The van der Waals surface area contributed by atoms with Crippen LogP contribution in [0.1, 0.15) is 51.1 Å². The number of ether oxygens (including phenoxy) is 4. The summed E-state index contributed by atoms with van der Waals surface area (Å²) in [4.78, 5) is 18.0. The van der Waals surface area contributed by atoms with Gasteiger partial charge >= 0.3 is 0 Å². The number of aromatic nitrogens is 1. The first-order chi connectivity index (χ1) is 16.5. The molecule has 34 heavy (non-hydrogen) atoms. The van der Waals surface area contributed by atoms with Gasteiger partial charge in [-0.25, -0.2) is 0 Å². The van der Waals surface area contributed by atoms with E-state index in [0.717, 1.165) is 33.8 Å². The Labute approximate surface area is 221 Å². The standard InChI is InChI=1S/C26H36INO5S/c1-20(17-34-18-27)26(32-19-31-3,24(29)5-4-14-30-2)16-21-15-23(8-13-28-21)33-22-6-9-25(10-7-22)11-12-25/h8,13,15,20,22H,6-7,9-12,14,16-19H2,1-3H3/t20-,26+/m0/s1. The Morgan fingerprint density at radius 3 is 2.71 bits per heavy atom. The minimum Gasteiger partial charge on any atom is -0.490 e. The second-order valence-electron chi connectivity index (χ2n) is 9.36. The molecule has 1 aromatic heterocycles. The summed E-state index contributed by atoms with van der Waals surface area (Å²) in [5, 5.41) is 0. The van der Waals surface area contributed by atoms with Crippen molar-refractivity contribution in [2.24, 2.45) is 11.3 Å². The number of carbonyl (C=O) groups is 1. The Bertz CT molecular complexity index is 858. The van der Waals surface area contributed by atoms with Crippen molar-refractivity contribution in [1.29, 1.82) is 0 Å². The number of ketones is 1. The lowest BCUT2D eigenvalue weighted by Crippen LogP contribution is -2.50. The van der Waals surface area contributed by atoms with Gasteiger partial charge in [0.25, 0.3) is 0 Å². The highest BCUT2D eigenvalue weighted by molar-refractivity contribution is 14.1. The number of nitrogens with zero attached hydrogens (tertiary/aromatic N) is 1. The Hall–Kier alpha value is -0.860. The van der Waals surface area contributed by atoms with Crippen LogP contribution in [-0.2, 0) is 25.4 Å². The maximum atomic E-state index is 13.4. The molecule has 0 aliphatic heterocycles. The van der Waals surface area contributed by atoms with Crippen molar-refractivity contribution in [2.45, 2.75) is 63.6 Å². The average Bonchev–Trinajstić information content (AvgIpc) is 3.61. The van der Waals surface area contributed by atoms with Crippen LogP contribution in [0.15, 0.2) is 18.3 Å². The Balaban J connectivity index is 1.80. The van der Waals surface area contributed by atoms with Crippen molar-refractivity contribution in [3.8, 4) is 17.6 Å². The van der Waals surface area contributed by atoms with Crippen molar-refractivity contribution in [3.05, 3.63) is 24.0 Å². The molecule has 2 saturated carbocycles. The molecule has 1 aromatic rings. The zero-order valence-electron chi connectivity index (χ0n) is 20.4. The first kappa shape index (κ1) is 27.7. The van der Waals surface area contributed by atoms with Crippen LogP contribution in [0.25, 0.3) is 0 Å². The molecule has 0 saturated heterocycles. The second kappa shape index (κ2) is 13.4. The zero-order valence-corrected chi connectivity index (χ0v) is 23.4. The molecule has 6 nitrogen and oxygen atoms in total. The first-order valence-corrected chi connectivity index (χ1v) is 14.6. The lowest BCUT2D eigenvalue weighted by atomic mass is 9.81. The van der Waals surface area contributed by atoms with E-state index in [0.29, 0.717) is 11.8 Å². The zero-order chi connectivity index (χ0) is 24.4. The fraction of sp³-hybridized carbons (Fsp3) is 0.692. The van der Waals surface area contributed by atoms with E-state index in [1.54, 1.807) is 32.2 Å². The van der Waals surface area contributed by atoms with E-state index in [-0.39, 0.29) is 31.2 Å². The van der Waals surface area contributed by atoms with E-state index in [9.17, 15) is 4.79 Å². The van der Waals surface area contributed by atoms with E-state index >= 15 is 0 Å². The summed E-state index contributed by atoms with van der Waals surface area (Å²) in [7, 11) is 3.11. The SMILES string of the molecule is COCC#CC(=O)[C@](Cc1cc(OC2CCC3(CC2)CC3)ccn1)(OCOC)[C@@H](C)CSCI. The van der Waals surface area contributed by atoms with Crippen molar-refractivity contribution in [2.75, 3.05) is 37.1 Å². The third kappa shape index (κ3) is 7.57. The lowest BCUT2D eigenvalue weighted by Gasteiger charge is -2.36. The van der Waals surface area contributed by atoms with Crippen molar-refractivity contribution >= 4 is 40.1 Å². The van der Waals surface area contributed by atoms with Crippen LogP contribution >= 0.6 is 34.4 Å². The smallest absolute Gasteiger partial charge is 0.238 e. The van der Waals surface area contributed by atoms with E-state index in [2.05, 4.69) is 39.4 Å². The molecule has 8 heteroatoms. The normalized spacial score (nSPS) is 19.6. The third-order valence-corrected chi connectivity index (χ3v) is 9.17. The van der Waals surface area contributed by atoms with Gasteiger partial charge in [0.15, 0.2) is 5.60 Å². The van der Waals surface area contributed by atoms with Crippen molar-refractivity contribution in [3.63, 3.8) is 0 Å². The summed E-state index contributed by atoms with van der Waals surface area (Å²) in [6.07, 6.45) is 9.82. The minimum absolute atomic E-state index is 0.00302. The molecule has 0 unspecified atom stereocenters. The van der Waals surface area contributed by atoms with E-state index in [1.165, 1.54) is 25.7 Å². The fourth-order valence-electron chi connectivity index (χ4n) is 4.64. The predicted molar refractivity (Wildman–Crippen MR) is 143 cm³/mol. The molecule has 0 bridgehead atoms. The Kier molecular flexibility index (Phi) is 11.0. The molecular weight excluding hydrogens is 565 g/mol. The largest absolute Gasteiger partial charge is 0.490 e. The van der Waals surface area contributed by atoms with Gasteiger partial charge in [-0.2, -0.15) is 11.8 Å². The van der Waals surface area contributed by atoms with Gasteiger partial charge in [-0.15, -0.1) is 0 Å². The fourth-order valence-corrected chi connectivity index (χ4v) is 6.11. The van der Waals surface area contributed by atoms with Crippen LogP contribution in [0.5, 0.6) is 5.75 Å². The summed E-state index contributed by atoms with van der Waals surface area (Å²) >= 11 is 4.08. The topological polar surface area (TPSA) is 66.9 Å². The summed E-state index contributed by atoms with van der Waals surface area (Å²) < 4.78 is 23.6. The van der Waals surface area contributed by atoms with Crippen LogP contribution in [0.4, 0.5) is 0 Å². The average molecular weight is 602 g/mol. The summed E-state index contributed by atoms with van der Waals surface area (Å²) in [6, 6.07) is 3.85. The number of thioether (sulfide) groups is 1. The highest BCUT2D eigenvalue weighted by atomic mass is 127. The molecule has 1 heterocycles. The van der Waals surface area contributed by atoms with Crippen LogP contribution in [-0.4, -0.2) is 59.6 Å². The third-order valence-electron chi connectivity index (χ3n) is 6.96. The number of carbonyl (C=O) groups excluding carboxylic acids is 1. The Morgan fingerprint density at radius 1 is 1.29 bits per heavy atom. The predicted octanol–water partition coefficient (Wildman–Crippen LogP) is 5.07. The van der Waals surface area contributed by atoms with Gasteiger partial charge in [0.05, 0.1) is 6.10 Å². The number of rotatable bonds is 13. The number of hydrogen-bond acceptors (Lipinski definition) is 7. The van der Waals surface area contributed by atoms with Crippen LogP contribution < -0.4 is 4.74 Å². The lowest BCUT2D eigenvalue weighted by molar-refractivity contribution is -0.167. The molecule has 2 aliphatic carbocycles. The van der Waals surface area contributed by atoms with Gasteiger partial charge < -0.3 is 18.9 Å². The van der Waals surface area contributed by atoms with Gasteiger partial charge in [-0.3, -0.25) is 9.78 Å². The van der Waals surface area contributed by atoms with Crippen LogP contribution in [0.2, 0.25) is 0 Å². The Morgan fingerprint density at radius 2 is 2.06 bits per heavy atom. The van der Waals surface area contributed by atoms with Gasteiger partial charge in [-0.05, 0) is 61.7 Å². The number of halogens is 1. The number of Topliss-reactive ketones (excluding diaryl/α,β-unsaturated/α-hetero) is 1. The van der Waals surface area contributed by atoms with E-state index in [4.69, 9.17) is 18.9 Å². The van der Waals surface area contributed by atoms with Crippen molar-refractivity contribution < 1.29 is 23.7 Å². The van der Waals surface area contributed by atoms with Gasteiger partial charge in [0.1, 0.15) is 19.1 Å². The van der Waals surface area contributed by atoms with Crippen LogP contribution in [0, 0.1) is 23.2 Å². The molecule has 2 atom stereocenters. The molecule has 2 aliphatic rings. The number of hydrogen-bond donors (Lipinski definition) is 0. The number of pyridine rings is 1. The molecule has 1 spiro atoms. The van der Waals surface area contributed by atoms with E-state index in [1.807, 2.05) is 19.1 Å². The van der Waals surface area contributed by atoms with Crippen LogP contribution in [0.3, 0.4) is 0 Å². The number of alkyl halides is 1. The maximum absolute atomic E-state index is 13.4. The molecule has 0 amide bonds. The monoisotopic (exact) mass is 601 g/mol. The van der Waals surface area contributed by atoms with Gasteiger partial charge in [0, 0.05) is 48.3 Å². The molecular formula is C26H36INO5S. The molecule has 188 valence electrons. The highest BCUT2D eigenvalue weighted by Crippen LogP contribution is 2.56. The first-order valence-electron chi connectivity index (χ1n) is 11.9. The number of methoxy groups -OCH3 is 2. The molecule has 2 fully saturated rings. The second-order valence-corrected chi connectivity index (χ2v) is 12.2. The molecule has 0 N–H and O–H groups in total. The minimum atomic E-state index is -1.18. The summed E-state index contributed by atoms with van der Waals surface area (Å²) in [5.74, 6) is 6.70. The van der Waals surface area contributed by atoms with Gasteiger partial charge in [0.2, 0.25) is 5.78 Å². The maximum Gasteiger partial charge on any atom is 0.238 e.